The molecule has 4 nitrogen and oxygen atoms in total. The van der Waals surface area contributed by atoms with Crippen molar-refractivity contribution < 1.29 is 23.3 Å². The van der Waals surface area contributed by atoms with Gasteiger partial charge in [0.15, 0.2) is 0 Å². The van der Waals surface area contributed by atoms with E-state index in [0.29, 0.717) is 0 Å². The third-order valence-corrected chi connectivity index (χ3v) is 2.33. The normalized spacial score (nSPS) is 16.0. The summed E-state index contributed by atoms with van der Waals surface area (Å²) >= 11 is 1.13. The van der Waals surface area contributed by atoms with Crippen LogP contribution in [0.1, 0.15) is 26.7 Å². The van der Waals surface area contributed by atoms with Gasteiger partial charge in [0.25, 0.3) is 0 Å². The first kappa shape index (κ1) is 13.4. The van der Waals surface area contributed by atoms with E-state index < -0.39 is 0 Å². The summed E-state index contributed by atoms with van der Waals surface area (Å²) in [4.78, 5) is 0. The van der Waals surface area contributed by atoms with Crippen LogP contribution < -0.4 is 10.6 Å². The number of rotatable bonds is 8. The molecule has 0 saturated carbocycles. The second-order valence-electron chi connectivity index (χ2n) is 2.56. The summed E-state index contributed by atoms with van der Waals surface area (Å²) in [7, 11) is 3.73. The number of hydrogen-bond acceptors (Lipinski definition) is 4. The molecule has 85 valence electrons. The average Bonchev–Trinajstić information content (AvgIpc) is 2.19. The summed E-state index contributed by atoms with van der Waals surface area (Å²) in [5.41, 5.74) is 0. The summed E-state index contributed by atoms with van der Waals surface area (Å²) in [5, 5.41) is 6.03. The molecule has 0 aromatic carbocycles. The monoisotopic (exact) mass is 239 g/mol. The van der Waals surface area contributed by atoms with Crippen molar-refractivity contribution in [1.29, 1.82) is 0 Å². The van der Waals surface area contributed by atoms with Crippen LogP contribution in [0, 0.1) is 0 Å². The molecule has 2 atom stereocenters. The van der Waals surface area contributed by atoms with Gasteiger partial charge in [-0.1, -0.05) is 0 Å². The molecule has 2 N–H and O–H groups in total. The Morgan fingerprint density at radius 3 is 1.62 bits per heavy atom. The van der Waals surface area contributed by atoms with E-state index in [9.17, 15) is 0 Å². The second kappa shape index (κ2) is 8.94. The Morgan fingerprint density at radius 2 is 1.38 bits per heavy atom. The molecule has 0 aliphatic heterocycles. The van der Waals surface area contributed by atoms with Gasteiger partial charge in [-0.25, -0.2) is 0 Å². The van der Waals surface area contributed by atoms with Crippen molar-refractivity contribution in [3.05, 3.63) is 0 Å². The van der Waals surface area contributed by atoms with E-state index in [4.69, 9.17) is 7.64 Å². The third-order valence-electron chi connectivity index (χ3n) is 1.62. The van der Waals surface area contributed by atoms with Crippen LogP contribution in [0.2, 0.25) is 0 Å². The molecule has 0 radical (unpaired) electrons. The first-order valence-corrected chi connectivity index (χ1v) is 5.29. The Morgan fingerprint density at radius 1 is 1.00 bits per heavy atom. The van der Waals surface area contributed by atoms with Crippen molar-refractivity contribution in [3.63, 3.8) is 0 Å². The molecule has 0 amide bonds. The molecule has 0 bridgehead atoms. The Kier molecular flexibility index (Phi) is 9.18. The summed E-state index contributed by atoms with van der Waals surface area (Å²) in [6.45, 7) is 4.10. The fourth-order valence-corrected chi connectivity index (χ4v) is 1.47. The van der Waals surface area contributed by atoms with Crippen LogP contribution in [0.4, 0.5) is 0 Å². The number of hydrogen-bond donors (Lipinski definition) is 2. The zero-order chi connectivity index (χ0) is 10.1. The maximum absolute atomic E-state index is 5.31. The van der Waals surface area contributed by atoms with Gasteiger partial charge >= 0.3 is 87.1 Å². The molecule has 0 aliphatic rings. The second-order valence-corrected chi connectivity index (χ2v) is 3.16. The first-order chi connectivity index (χ1) is 6.28. The fourth-order valence-electron chi connectivity index (χ4n) is 0.667. The molecule has 5 heteroatoms. The van der Waals surface area contributed by atoms with E-state index in [1.165, 1.54) is 0 Å². The topological polar surface area (TPSA) is 42.5 Å². The van der Waals surface area contributed by atoms with Crippen molar-refractivity contribution in [2.24, 2.45) is 0 Å². The molecule has 0 saturated heterocycles. The van der Waals surface area contributed by atoms with Crippen LogP contribution in [0.25, 0.3) is 0 Å². The van der Waals surface area contributed by atoms with Crippen LogP contribution in [-0.2, 0) is 23.3 Å². The van der Waals surface area contributed by atoms with Gasteiger partial charge in [-0.3, -0.25) is 0 Å². The van der Waals surface area contributed by atoms with E-state index in [1.54, 1.807) is 0 Å². The van der Waals surface area contributed by atoms with Crippen LogP contribution in [-0.4, -0.2) is 26.6 Å². The first-order valence-electron chi connectivity index (χ1n) is 4.53. The maximum atomic E-state index is 5.31. The van der Waals surface area contributed by atoms with Gasteiger partial charge in [0.2, 0.25) is 0 Å². The van der Waals surface area contributed by atoms with Gasteiger partial charge in [-0.2, -0.15) is 0 Å². The Bertz CT molecular complexity index is 96.3. The Labute approximate surface area is 87.6 Å². The van der Waals surface area contributed by atoms with Gasteiger partial charge in [0, 0.05) is 0 Å². The van der Waals surface area contributed by atoms with Crippen LogP contribution in [0.5, 0.6) is 0 Å². The van der Waals surface area contributed by atoms with Gasteiger partial charge in [-0.15, -0.1) is 0 Å². The van der Waals surface area contributed by atoms with Crippen LogP contribution >= 0.6 is 0 Å². The summed E-state index contributed by atoms with van der Waals surface area (Å²) in [6, 6.07) is 0. The molecule has 0 rings (SSSR count). The zero-order valence-electron chi connectivity index (χ0n) is 8.69. The molecule has 0 heterocycles. The molecule has 0 aromatic rings. The van der Waals surface area contributed by atoms with Crippen molar-refractivity contribution in [1.82, 2.24) is 10.6 Å². The molecule has 2 unspecified atom stereocenters. The van der Waals surface area contributed by atoms with Crippen LogP contribution in [0.3, 0.4) is 0 Å². The molecule has 0 spiro atoms. The fraction of sp³-hybridized carbons (Fsp3) is 1.00. The van der Waals surface area contributed by atoms with Crippen molar-refractivity contribution >= 4 is 0 Å². The predicted octanol–water partition coefficient (Wildman–Crippen LogP) is 0.843. The Hall–Kier alpha value is 0.359. The van der Waals surface area contributed by atoms with E-state index in [-0.39, 0.29) is 12.5 Å². The van der Waals surface area contributed by atoms with Gasteiger partial charge < -0.3 is 0 Å². The minimum atomic E-state index is 0.0503. The number of nitrogens with one attached hydrogen (secondary N) is 2. The summed E-state index contributed by atoms with van der Waals surface area (Å²) in [5.74, 6) is 0. The van der Waals surface area contributed by atoms with Crippen molar-refractivity contribution in [3.8, 4) is 0 Å². The quantitative estimate of drug-likeness (QED) is 0.487. The standard InChI is InChI=1S/2C4H10NO.Cu/c2*1-3-4(6)5-2;/h2*4-5H,3H2,1-2H3;/q2*-1;+2. The predicted molar refractivity (Wildman–Crippen MR) is 48.4 cm³/mol. The molecular formula is C8H20CuN2O2. The minimum absolute atomic E-state index is 0.0503. The average molecular weight is 240 g/mol. The summed E-state index contributed by atoms with van der Waals surface area (Å²) in [6.07, 6.45) is 1.94. The third kappa shape index (κ3) is 6.43. The van der Waals surface area contributed by atoms with Crippen LogP contribution in [0.15, 0.2) is 0 Å². The molecule has 0 aliphatic carbocycles. The van der Waals surface area contributed by atoms with E-state index >= 15 is 0 Å². The van der Waals surface area contributed by atoms with Gasteiger partial charge in [-0.05, 0) is 0 Å². The molecule has 13 heavy (non-hydrogen) atoms. The van der Waals surface area contributed by atoms with Crippen molar-refractivity contribution in [2.75, 3.05) is 14.1 Å². The van der Waals surface area contributed by atoms with Gasteiger partial charge in [0.05, 0.1) is 0 Å². The van der Waals surface area contributed by atoms with Gasteiger partial charge in [0.1, 0.15) is 0 Å². The van der Waals surface area contributed by atoms with E-state index in [2.05, 4.69) is 24.5 Å². The van der Waals surface area contributed by atoms with E-state index in [1.807, 2.05) is 14.1 Å². The summed E-state index contributed by atoms with van der Waals surface area (Å²) < 4.78 is 10.6. The van der Waals surface area contributed by atoms with Crippen molar-refractivity contribution in [2.45, 2.75) is 39.1 Å². The zero-order valence-corrected chi connectivity index (χ0v) is 9.63. The Balaban J connectivity index is 3.41. The van der Waals surface area contributed by atoms with E-state index in [0.717, 1.165) is 28.5 Å². The molecular weight excluding hydrogens is 220 g/mol. The SMILES string of the molecule is CCC(NC)[O][Cu][O]C(CC)NC. The molecule has 0 aromatic heterocycles. The molecule has 0 fully saturated rings.